The molecule has 2 heterocycles. The molecule has 0 saturated carbocycles. The minimum atomic E-state index is -0.501. The molecule has 0 aliphatic rings. The van der Waals surface area contributed by atoms with Gasteiger partial charge >= 0.3 is 0 Å². The summed E-state index contributed by atoms with van der Waals surface area (Å²) in [5, 5.41) is 4.03. The summed E-state index contributed by atoms with van der Waals surface area (Å²) in [4.78, 5) is 15.0. The molecule has 0 saturated heterocycles. The van der Waals surface area contributed by atoms with Crippen LogP contribution < -0.4 is 11.5 Å². The van der Waals surface area contributed by atoms with E-state index in [1.807, 2.05) is 0 Å². The number of nitrogens with zero attached hydrogens (tertiary/aromatic N) is 3. The maximum absolute atomic E-state index is 10.9. The van der Waals surface area contributed by atoms with Gasteiger partial charge in [-0.15, -0.1) is 0 Å². The molecule has 0 aliphatic carbocycles. The first kappa shape index (κ1) is 10.3. The Labute approximate surface area is 91.9 Å². The average molecular weight is 217 g/mol. The molecule has 2 aromatic rings. The lowest BCUT2D eigenvalue weighted by Gasteiger charge is -2.02. The summed E-state index contributed by atoms with van der Waals surface area (Å²) in [7, 11) is 0. The number of rotatable bonds is 3. The first-order chi connectivity index (χ1) is 7.70. The van der Waals surface area contributed by atoms with Crippen LogP contribution in [0.1, 0.15) is 16.1 Å². The first-order valence-corrected chi connectivity index (χ1v) is 4.70. The second-order valence-corrected chi connectivity index (χ2v) is 3.25. The Morgan fingerprint density at radius 3 is 2.94 bits per heavy atom. The van der Waals surface area contributed by atoms with Crippen molar-refractivity contribution in [3.63, 3.8) is 0 Å². The molecule has 82 valence electrons. The van der Waals surface area contributed by atoms with Gasteiger partial charge < -0.3 is 11.5 Å². The van der Waals surface area contributed by atoms with Crippen LogP contribution in [-0.2, 0) is 6.54 Å². The maximum Gasteiger partial charge on any atom is 0.251 e. The number of nitrogens with two attached hydrogens (primary N) is 2. The summed E-state index contributed by atoms with van der Waals surface area (Å²) >= 11 is 0. The smallest absolute Gasteiger partial charge is 0.251 e. The van der Waals surface area contributed by atoms with Crippen molar-refractivity contribution in [3.8, 4) is 5.69 Å². The molecule has 16 heavy (non-hydrogen) atoms. The Kier molecular flexibility index (Phi) is 2.65. The van der Waals surface area contributed by atoms with Crippen LogP contribution in [0.5, 0.6) is 0 Å². The number of hydrogen-bond donors (Lipinski definition) is 2. The second kappa shape index (κ2) is 4.11. The lowest BCUT2D eigenvalue weighted by atomic mass is 10.3. The summed E-state index contributed by atoms with van der Waals surface area (Å²) in [6, 6.07) is 3.58. The van der Waals surface area contributed by atoms with Gasteiger partial charge in [0, 0.05) is 18.9 Å². The highest BCUT2D eigenvalue weighted by Crippen LogP contribution is 2.08. The summed E-state index contributed by atoms with van der Waals surface area (Å²) in [5.74, 6) is -0.501. The van der Waals surface area contributed by atoms with Crippen LogP contribution in [-0.4, -0.2) is 20.7 Å². The monoisotopic (exact) mass is 217 g/mol. The highest BCUT2D eigenvalue weighted by atomic mass is 16.1. The Hall–Kier alpha value is -2.21. The average Bonchev–Trinajstić information content (AvgIpc) is 2.78. The third-order valence-corrected chi connectivity index (χ3v) is 2.14. The van der Waals surface area contributed by atoms with Crippen LogP contribution in [0.15, 0.2) is 30.7 Å². The van der Waals surface area contributed by atoms with Gasteiger partial charge in [0.1, 0.15) is 0 Å². The topological polar surface area (TPSA) is 99.8 Å². The van der Waals surface area contributed by atoms with Crippen molar-refractivity contribution in [2.75, 3.05) is 0 Å². The number of aromatic nitrogens is 3. The van der Waals surface area contributed by atoms with Crippen molar-refractivity contribution in [1.29, 1.82) is 0 Å². The van der Waals surface area contributed by atoms with E-state index in [2.05, 4.69) is 10.1 Å². The highest BCUT2D eigenvalue weighted by molar-refractivity contribution is 5.92. The SMILES string of the molecule is NCc1cc(-n2cc(C(N)=O)cn2)ccn1. The summed E-state index contributed by atoms with van der Waals surface area (Å²) in [5.41, 5.74) is 12.5. The van der Waals surface area contributed by atoms with E-state index in [9.17, 15) is 4.79 Å². The van der Waals surface area contributed by atoms with E-state index >= 15 is 0 Å². The molecule has 6 nitrogen and oxygen atoms in total. The fraction of sp³-hybridized carbons (Fsp3) is 0.100. The van der Waals surface area contributed by atoms with Crippen LogP contribution in [0.25, 0.3) is 5.69 Å². The van der Waals surface area contributed by atoms with Gasteiger partial charge in [0.2, 0.25) is 0 Å². The zero-order valence-electron chi connectivity index (χ0n) is 8.50. The van der Waals surface area contributed by atoms with Crippen molar-refractivity contribution in [2.24, 2.45) is 11.5 Å². The predicted molar refractivity (Wildman–Crippen MR) is 57.8 cm³/mol. The molecule has 4 N–H and O–H groups in total. The molecule has 0 bridgehead atoms. The van der Waals surface area contributed by atoms with E-state index in [0.717, 1.165) is 11.4 Å². The van der Waals surface area contributed by atoms with Crippen molar-refractivity contribution in [3.05, 3.63) is 42.0 Å². The van der Waals surface area contributed by atoms with E-state index in [1.54, 1.807) is 29.2 Å². The van der Waals surface area contributed by atoms with Gasteiger partial charge in [0.05, 0.1) is 23.1 Å². The molecule has 6 heteroatoms. The zero-order chi connectivity index (χ0) is 11.5. The zero-order valence-corrected chi connectivity index (χ0v) is 8.50. The molecular formula is C10H11N5O. The Morgan fingerprint density at radius 1 is 1.50 bits per heavy atom. The third kappa shape index (κ3) is 1.91. The summed E-state index contributed by atoms with van der Waals surface area (Å²) in [6.07, 6.45) is 4.63. The van der Waals surface area contributed by atoms with E-state index in [-0.39, 0.29) is 0 Å². The van der Waals surface area contributed by atoms with E-state index in [1.165, 1.54) is 6.20 Å². The molecule has 1 amide bonds. The fourth-order valence-electron chi connectivity index (χ4n) is 1.31. The molecule has 0 atom stereocenters. The number of amides is 1. The minimum Gasteiger partial charge on any atom is -0.366 e. The Morgan fingerprint density at radius 2 is 2.31 bits per heavy atom. The van der Waals surface area contributed by atoms with Gasteiger partial charge in [-0.05, 0) is 12.1 Å². The number of pyridine rings is 1. The quantitative estimate of drug-likeness (QED) is 0.745. The van der Waals surface area contributed by atoms with Gasteiger partial charge in [-0.1, -0.05) is 0 Å². The van der Waals surface area contributed by atoms with Crippen LogP contribution in [0.2, 0.25) is 0 Å². The van der Waals surface area contributed by atoms with Crippen molar-refractivity contribution >= 4 is 5.91 Å². The third-order valence-electron chi connectivity index (χ3n) is 2.14. The molecule has 2 aromatic heterocycles. The fourth-order valence-corrected chi connectivity index (χ4v) is 1.31. The van der Waals surface area contributed by atoms with Crippen molar-refractivity contribution in [1.82, 2.24) is 14.8 Å². The van der Waals surface area contributed by atoms with Gasteiger partial charge in [-0.25, -0.2) is 4.68 Å². The van der Waals surface area contributed by atoms with Crippen molar-refractivity contribution in [2.45, 2.75) is 6.54 Å². The normalized spacial score (nSPS) is 10.3. The van der Waals surface area contributed by atoms with Crippen molar-refractivity contribution < 1.29 is 4.79 Å². The summed E-state index contributed by atoms with van der Waals surface area (Å²) in [6.45, 7) is 0.359. The number of hydrogen-bond acceptors (Lipinski definition) is 4. The summed E-state index contributed by atoms with van der Waals surface area (Å²) < 4.78 is 1.56. The van der Waals surface area contributed by atoms with Crippen LogP contribution >= 0.6 is 0 Å². The number of primary amides is 1. The largest absolute Gasteiger partial charge is 0.366 e. The van der Waals surface area contributed by atoms with E-state index < -0.39 is 5.91 Å². The van der Waals surface area contributed by atoms with Crippen LogP contribution in [0, 0.1) is 0 Å². The predicted octanol–water partition coefficient (Wildman–Crippen LogP) is -0.175. The molecule has 0 fully saturated rings. The molecule has 0 spiro atoms. The molecule has 0 aliphatic heterocycles. The maximum atomic E-state index is 10.9. The van der Waals surface area contributed by atoms with Gasteiger partial charge in [-0.3, -0.25) is 9.78 Å². The molecule has 0 radical (unpaired) electrons. The van der Waals surface area contributed by atoms with Gasteiger partial charge in [0.15, 0.2) is 0 Å². The van der Waals surface area contributed by atoms with E-state index in [4.69, 9.17) is 11.5 Å². The second-order valence-electron chi connectivity index (χ2n) is 3.25. The van der Waals surface area contributed by atoms with Gasteiger partial charge in [-0.2, -0.15) is 5.10 Å². The first-order valence-electron chi connectivity index (χ1n) is 4.70. The van der Waals surface area contributed by atoms with Crippen LogP contribution in [0.4, 0.5) is 0 Å². The van der Waals surface area contributed by atoms with Gasteiger partial charge in [0.25, 0.3) is 5.91 Å². The molecule has 0 aromatic carbocycles. The lowest BCUT2D eigenvalue weighted by Crippen LogP contribution is -2.09. The number of carbonyl (C=O) groups excluding carboxylic acids is 1. The number of carbonyl (C=O) groups is 1. The van der Waals surface area contributed by atoms with E-state index in [0.29, 0.717) is 12.1 Å². The Balaban J connectivity index is 2.38. The van der Waals surface area contributed by atoms with Crippen LogP contribution in [0.3, 0.4) is 0 Å². The minimum absolute atomic E-state index is 0.359. The molecular weight excluding hydrogens is 206 g/mol. The lowest BCUT2D eigenvalue weighted by molar-refractivity contribution is 0.100. The molecule has 0 unspecified atom stereocenters. The highest BCUT2D eigenvalue weighted by Gasteiger charge is 2.05. The molecule has 2 rings (SSSR count). The Bertz CT molecular complexity index is 519. The standard InChI is InChI=1S/C10H11N5O/c11-4-8-3-9(1-2-13-8)15-6-7(5-14-15)10(12)16/h1-3,5-6H,4,11H2,(H2,12,16).